The van der Waals surface area contributed by atoms with E-state index in [2.05, 4.69) is 15.5 Å². The molecule has 2 heterocycles. The average Bonchev–Trinajstić information content (AvgIpc) is 3.27. The summed E-state index contributed by atoms with van der Waals surface area (Å²) in [6, 6.07) is 5.50. The third-order valence-electron chi connectivity index (χ3n) is 6.86. The molecule has 0 spiro atoms. The normalized spacial score (nSPS) is 23.2. The van der Waals surface area contributed by atoms with Crippen LogP contribution < -0.4 is 20.5 Å². The number of aromatic amines is 1. The summed E-state index contributed by atoms with van der Waals surface area (Å²) in [7, 11) is 0. The number of nitrogens with zero attached hydrogens (tertiary/aromatic N) is 1. The van der Waals surface area contributed by atoms with E-state index in [9.17, 15) is 30.0 Å². The largest absolute Gasteiger partial charge is 0.493 e. The lowest BCUT2D eigenvalue weighted by molar-refractivity contribution is -0.278. The minimum atomic E-state index is -1.57. The maximum atomic E-state index is 12.1. The van der Waals surface area contributed by atoms with E-state index in [0.717, 1.165) is 22.4 Å². The number of nitrogens with one attached hydrogen (secondary N) is 2. The summed E-state index contributed by atoms with van der Waals surface area (Å²) >= 11 is 0. The van der Waals surface area contributed by atoms with Gasteiger partial charge in [-0.1, -0.05) is 19.9 Å². The van der Waals surface area contributed by atoms with Gasteiger partial charge in [-0.25, -0.2) is 0 Å². The lowest BCUT2D eigenvalue weighted by Crippen LogP contribution is -2.60. The highest BCUT2D eigenvalue weighted by molar-refractivity contribution is 5.89. The summed E-state index contributed by atoms with van der Waals surface area (Å²) in [6.45, 7) is 8.48. The summed E-state index contributed by atoms with van der Waals surface area (Å²) in [5.41, 5.74) is 7.51. The molecule has 40 heavy (non-hydrogen) atoms. The zero-order chi connectivity index (χ0) is 29.8. The number of carbonyl (C=O) groups is 2. The molecule has 0 unspecified atom stereocenters. The highest BCUT2D eigenvalue weighted by atomic mass is 16.7. The molecule has 3 rings (SSSR count). The summed E-state index contributed by atoms with van der Waals surface area (Å²) in [5, 5.41) is 49.8. The Morgan fingerprint density at radius 1 is 1.20 bits per heavy atom. The van der Waals surface area contributed by atoms with Crippen LogP contribution in [0.3, 0.4) is 0 Å². The van der Waals surface area contributed by atoms with Crippen LogP contribution in [-0.4, -0.2) is 91.9 Å². The minimum Gasteiger partial charge on any atom is -0.493 e. The molecule has 0 radical (unpaired) electrons. The number of carbonyl (C=O) groups excluding carboxylic acids is 2. The van der Waals surface area contributed by atoms with Crippen molar-refractivity contribution in [2.75, 3.05) is 13.2 Å². The number of aryl methyl sites for hydroxylation is 1. The van der Waals surface area contributed by atoms with Gasteiger partial charge in [0.15, 0.2) is 0 Å². The number of aliphatic hydroxyl groups excluding tert-OH is 4. The Morgan fingerprint density at radius 3 is 2.50 bits per heavy atom. The molecule has 222 valence electrons. The number of aromatic nitrogens is 2. The Bertz CT molecular complexity index is 1180. The predicted molar refractivity (Wildman–Crippen MR) is 143 cm³/mol. The Hall–Kier alpha value is -3.23. The average molecular weight is 565 g/mol. The summed E-state index contributed by atoms with van der Waals surface area (Å²) in [5.74, 6) is -0.198. The van der Waals surface area contributed by atoms with Gasteiger partial charge in [-0.15, -0.1) is 5.10 Å². The number of rotatable bonds is 12. The van der Waals surface area contributed by atoms with E-state index in [1.807, 2.05) is 32.9 Å². The number of benzene rings is 1. The van der Waals surface area contributed by atoms with Crippen LogP contribution in [-0.2, 0) is 20.7 Å². The van der Waals surface area contributed by atoms with Crippen molar-refractivity contribution in [1.29, 1.82) is 0 Å². The molecule has 5 atom stereocenters. The van der Waals surface area contributed by atoms with E-state index in [1.54, 1.807) is 6.07 Å². The second-order valence-corrected chi connectivity index (χ2v) is 10.8. The monoisotopic (exact) mass is 564 g/mol. The lowest BCUT2D eigenvalue weighted by atomic mass is 9.96. The number of amides is 2. The summed E-state index contributed by atoms with van der Waals surface area (Å²) in [4.78, 5) is 23.5. The van der Waals surface area contributed by atoms with E-state index in [4.69, 9.17) is 19.9 Å². The van der Waals surface area contributed by atoms with Crippen molar-refractivity contribution in [2.45, 2.75) is 89.6 Å². The Balaban J connectivity index is 1.70. The first-order chi connectivity index (χ1) is 18.7. The predicted octanol–water partition coefficient (Wildman–Crippen LogP) is -0.240. The molecule has 1 aliphatic rings. The molecule has 8 N–H and O–H groups in total. The van der Waals surface area contributed by atoms with Crippen LogP contribution in [0.2, 0.25) is 0 Å². The molecular weight excluding hydrogens is 524 g/mol. The molecule has 2 amide bonds. The van der Waals surface area contributed by atoms with Gasteiger partial charge in [0.2, 0.25) is 24.0 Å². The lowest BCUT2D eigenvalue weighted by Gasteiger charge is -2.39. The number of nitrogens with two attached hydrogens (primary N) is 1. The Labute approximate surface area is 232 Å². The Morgan fingerprint density at radius 2 is 1.90 bits per heavy atom. The van der Waals surface area contributed by atoms with Gasteiger partial charge >= 0.3 is 0 Å². The number of aliphatic hydroxyl groups is 4. The smallest absolute Gasteiger partial charge is 0.242 e. The fourth-order valence-electron chi connectivity index (χ4n) is 4.26. The van der Waals surface area contributed by atoms with Gasteiger partial charge in [-0.3, -0.25) is 14.7 Å². The van der Waals surface area contributed by atoms with E-state index in [1.165, 1.54) is 13.8 Å². The molecule has 0 saturated carbocycles. The molecule has 2 aromatic rings. The van der Waals surface area contributed by atoms with Gasteiger partial charge in [0.1, 0.15) is 35.7 Å². The van der Waals surface area contributed by atoms with Gasteiger partial charge in [-0.05, 0) is 49.9 Å². The Kier molecular flexibility index (Phi) is 10.1. The SMILES string of the molecule is Cc1cc(OCCC(=O)NC(C)(C)C(N)=O)ccc1Cc1c(O[C@@H]2O[C@H](CO)[C@@H](O)[C@H](O)[C@H]2O)n[nH]c1C(C)C. The van der Waals surface area contributed by atoms with Gasteiger partial charge in [0.05, 0.1) is 19.6 Å². The molecule has 13 nitrogen and oxygen atoms in total. The van der Waals surface area contributed by atoms with Crippen LogP contribution in [0.4, 0.5) is 0 Å². The highest BCUT2D eigenvalue weighted by Gasteiger charge is 2.45. The highest BCUT2D eigenvalue weighted by Crippen LogP contribution is 2.32. The van der Waals surface area contributed by atoms with Crippen molar-refractivity contribution < 1.29 is 44.2 Å². The molecular formula is C27H40N4O9. The van der Waals surface area contributed by atoms with Crippen LogP contribution in [0.25, 0.3) is 0 Å². The van der Waals surface area contributed by atoms with Crippen LogP contribution in [0.15, 0.2) is 18.2 Å². The summed E-state index contributed by atoms with van der Waals surface area (Å²) in [6.07, 6.45) is -6.64. The van der Waals surface area contributed by atoms with Crippen molar-refractivity contribution in [1.82, 2.24) is 15.5 Å². The number of primary amides is 1. The molecule has 1 aromatic carbocycles. The summed E-state index contributed by atoms with van der Waals surface area (Å²) < 4.78 is 17.1. The second-order valence-electron chi connectivity index (χ2n) is 10.8. The maximum Gasteiger partial charge on any atom is 0.242 e. The third-order valence-corrected chi connectivity index (χ3v) is 6.86. The first-order valence-corrected chi connectivity index (χ1v) is 13.1. The van der Waals surface area contributed by atoms with Crippen LogP contribution in [0, 0.1) is 6.92 Å². The molecule has 1 aromatic heterocycles. The van der Waals surface area contributed by atoms with Gasteiger partial charge in [0.25, 0.3) is 0 Å². The van der Waals surface area contributed by atoms with Crippen molar-refractivity contribution in [3.63, 3.8) is 0 Å². The van der Waals surface area contributed by atoms with Crippen molar-refractivity contribution >= 4 is 11.8 Å². The quantitative estimate of drug-likeness (QED) is 0.180. The van der Waals surface area contributed by atoms with Crippen molar-refractivity contribution in [3.05, 3.63) is 40.6 Å². The van der Waals surface area contributed by atoms with Crippen LogP contribution in [0.5, 0.6) is 11.6 Å². The fraction of sp³-hybridized carbons (Fsp3) is 0.593. The van der Waals surface area contributed by atoms with Crippen LogP contribution in [0.1, 0.15) is 62.4 Å². The number of H-pyrrole nitrogens is 1. The van der Waals surface area contributed by atoms with Crippen molar-refractivity contribution in [3.8, 4) is 11.6 Å². The third kappa shape index (κ3) is 7.29. The van der Waals surface area contributed by atoms with Gasteiger partial charge in [-0.2, -0.15) is 0 Å². The molecule has 0 bridgehead atoms. The molecule has 1 aliphatic heterocycles. The van der Waals surface area contributed by atoms with Gasteiger partial charge < -0.3 is 45.7 Å². The van der Waals surface area contributed by atoms with Crippen molar-refractivity contribution in [2.24, 2.45) is 5.73 Å². The van der Waals surface area contributed by atoms with E-state index in [-0.39, 0.29) is 30.7 Å². The first kappa shape index (κ1) is 31.3. The second kappa shape index (κ2) is 13.0. The fourth-order valence-corrected chi connectivity index (χ4v) is 4.26. The standard InChI is InChI=1S/C27H40N4O9/c1-13(2)20-17(24(31-30-20)40-25-23(36)22(35)21(34)18(12-32)39-25)11-15-6-7-16(10-14(15)3)38-9-8-19(33)29-27(4,5)26(28)37/h6-7,10,13,18,21-23,25,32,34-36H,8-9,11-12H2,1-5H3,(H2,28,37)(H,29,33)(H,30,31)/t18-,21-,22+,23-,25+/m1/s1. The van der Waals surface area contributed by atoms with E-state index < -0.39 is 48.8 Å². The minimum absolute atomic E-state index is 0.0446. The first-order valence-electron chi connectivity index (χ1n) is 13.1. The van der Waals surface area contributed by atoms with Crippen LogP contribution >= 0.6 is 0 Å². The molecule has 13 heteroatoms. The number of ether oxygens (including phenoxy) is 3. The van der Waals surface area contributed by atoms with E-state index >= 15 is 0 Å². The topological polar surface area (TPSA) is 209 Å². The van der Waals surface area contributed by atoms with E-state index in [0.29, 0.717) is 12.2 Å². The zero-order valence-corrected chi connectivity index (χ0v) is 23.4. The zero-order valence-electron chi connectivity index (χ0n) is 23.4. The molecule has 1 saturated heterocycles. The maximum absolute atomic E-state index is 12.1. The molecule has 1 fully saturated rings. The molecule has 0 aliphatic carbocycles. The van der Waals surface area contributed by atoms with Gasteiger partial charge in [0, 0.05) is 17.7 Å². The number of hydrogen-bond acceptors (Lipinski definition) is 10. The number of hydrogen-bond donors (Lipinski definition) is 7.